The molecule has 0 bridgehead atoms. The monoisotopic (exact) mass is 312 g/mol. The molecule has 0 aliphatic heterocycles. The number of nitrogens with two attached hydrogens (primary N) is 1. The number of nitrogens with zero attached hydrogens (tertiary/aromatic N) is 2. The second-order valence-corrected chi connectivity index (χ2v) is 7.03. The maximum atomic E-state index is 5.96. The van der Waals surface area contributed by atoms with E-state index >= 15 is 0 Å². The van der Waals surface area contributed by atoms with Crippen molar-refractivity contribution in [2.45, 2.75) is 52.0 Å². The molecule has 0 radical (unpaired) electrons. The average molecular weight is 312 g/mol. The van der Waals surface area contributed by atoms with Gasteiger partial charge in [-0.3, -0.25) is 0 Å². The first-order valence-corrected chi connectivity index (χ1v) is 8.06. The van der Waals surface area contributed by atoms with E-state index in [1.807, 2.05) is 0 Å². The van der Waals surface area contributed by atoms with Crippen LogP contribution in [-0.2, 0) is 24.8 Å². The molecule has 2 aromatic rings. The predicted molar refractivity (Wildman–Crippen MR) is 92.6 cm³/mol. The summed E-state index contributed by atoms with van der Waals surface area (Å²) in [6.45, 7) is 6.60. The molecule has 0 fully saturated rings. The third kappa shape index (κ3) is 3.73. The molecule has 122 valence electrons. The summed E-state index contributed by atoms with van der Waals surface area (Å²) in [5, 5.41) is 3.14. The van der Waals surface area contributed by atoms with Crippen molar-refractivity contribution in [2.24, 2.45) is 10.7 Å². The SMILES string of the molecule is CC(C)(C)c1cnc(CN=C(N)Nc2ccc3c(c2)CCC3)o1. The van der Waals surface area contributed by atoms with Gasteiger partial charge in [-0.2, -0.15) is 0 Å². The fraction of sp³-hybridized carbons (Fsp3) is 0.444. The fourth-order valence-corrected chi connectivity index (χ4v) is 2.72. The van der Waals surface area contributed by atoms with E-state index in [0.717, 1.165) is 17.9 Å². The molecule has 1 aliphatic rings. The number of benzene rings is 1. The van der Waals surface area contributed by atoms with Crippen LogP contribution in [0, 0.1) is 0 Å². The molecule has 3 N–H and O–H groups in total. The molecule has 1 aliphatic carbocycles. The Morgan fingerprint density at radius 3 is 2.83 bits per heavy atom. The molecule has 0 unspecified atom stereocenters. The minimum Gasteiger partial charge on any atom is -0.443 e. The molecule has 0 amide bonds. The van der Waals surface area contributed by atoms with Crippen molar-refractivity contribution in [1.29, 1.82) is 0 Å². The van der Waals surface area contributed by atoms with E-state index in [4.69, 9.17) is 10.2 Å². The molecule has 0 spiro atoms. The van der Waals surface area contributed by atoms with Gasteiger partial charge < -0.3 is 15.5 Å². The van der Waals surface area contributed by atoms with Crippen LogP contribution < -0.4 is 11.1 Å². The number of hydrogen-bond donors (Lipinski definition) is 2. The van der Waals surface area contributed by atoms with Crippen LogP contribution in [-0.4, -0.2) is 10.9 Å². The van der Waals surface area contributed by atoms with Crippen molar-refractivity contribution in [1.82, 2.24) is 4.98 Å². The number of guanidine groups is 1. The predicted octanol–water partition coefficient (Wildman–Crippen LogP) is 3.39. The van der Waals surface area contributed by atoms with E-state index in [2.05, 4.69) is 54.3 Å². The van der Waals surface area contributed by atoms with E-state index in [1.54, 1.807) is 6.20 Å². The quantitative estimate of drug-likeness (QED) is 0.673. The van der Waals surface area contributed by atoms with Crippen LogP contribution in [0.1, 0.15) is 50.0 Å². The number of rotatable bonds is 3. The van der Waals surface area contributed by atoms with Gasteiger partial charge >= 0.3 is 0 Å². The number of nitrogens with one attached hydrogen (secondary N) is 1. The highest BCUT2D eigenvalue weighted by Gasteiger charge is 2.19. The maximum Gasteiger partial charge on any atom is 0.216 e. The van der Waals surface area contributed by atoms with Crippen LogP contribution in [0.2, 0.25) is 0 Å². The van der Waals surface area contributed by atoms with Gasteiger partial charge in [-0.05, 0) is 42.5 Å². The summed E-state index contributed by atoms with van der Waals surface area (Å²) in [6, 6.07) is 6.38. The summed E-state index contributed by atoms with van der Waals surface area (Å²) in [7, 11) is 0. The summed E-state index contributed by atoms with van der Waals surface area (Å²) in [4.78, 5) is 8.56. The van der Waals surface area contributed by atoms with E-state index < -0.39 is 0 Å². The number of aryl methyl sites for hydroxylation is 2. The van der Waals surface area contributed by atoms with Crippen LogP contribution in [0.15, 0.2) is 33.8 Å². The molecular formula is C18H24N4O. The highest BCUT2D eigenvalue weighted by Crippen LogP contribution is 2.25. The van der Waals surface area contributed by atoms with Crippen molar-refractivity contribution in [3.05, 3.63) is 47.2 Å². The zero-order chi connectivity index (χ0) is 16.4. The maximum absolute atomic E-state index is 5.96. The molecule has 0 saturated heterocycles. The van der Waals surface area contributed by atoms with Crippen molar-refractivity contribution in [2.75, 3.05) is 5.32 Å². The lowest BCUT2D eigenvalue weighted by molar-refractivity contribution is 0.383. The summed E-state index contributed by atoms with van der Waals surface area (Å²) >= 11 is 0. The largest absolute Gasteiger partial charge is 0.443 e. The van der Waals surface area contributed by atoms with Gasteiger partial charge in [-0.1, -0.05) is 26.8 Å². The van der Waals surface area contributed by atoms with Gasteiger partial charge in [0.05, 0.1) is 6.20 Å². The second-order valence-electron chi connectivity index (χ2n) is 7.03. The number of oxazole rings is 1. The Labute approximate surface area is 137 Å². The summed E-state index contributed by atoms with van der Waals surface area (Å²) in [5.41, 5.74) is 9.74. The van der Waals surface area contributed by atoms with Gasteiger partial charge in [-0.15, -0.1) is 0 Å². The number of fused-ring (bicyclic) bond motifs is 1. The number of hydrogen-bond acceptors (Lipinski definition) is 3. The summed E-state index contributed by atoms with van der Waals surface area (Å²) in [6.07, 6.45) is 5.32. The normalized spacial score (nSPS) is 14.8. The Kier molecular flexibility index (Phi) is 4.11. The van der Waals surface area contributed by atoms with Crippen molar-refractivity contribution < 1.29 is 4.42 Å². The molecule has 0 saturated carbocycles. The first-order chi connectivity index (χ1) is 10.9. The standard InChI is InChI=1S/C18H24N4O/c1-18(2,3)15-10-20-16(23-15)11-21-17(19)22-14-8-7-12-5-4-6-13(12)9-14/h7-10H,4-6,11H2,1-3H3,(H3,19,21,22). The average Bonchev–Trinajstić information content (AvgIpc) is 3.13. The number of aliphatic imine (C=N–C) groups is 1. The van der Waals surface area contributed by atoms with Crippen LogP contribution in [0.4, 0.5) is 5.69 Å². The highest BCUT2D eigenvalue weighted by atomic mass is 16.4. The first-order valence-electron chi connectivity index (χ1n) is 8.06. The molecule has 3 rings (SSSR count). The van der Waals surface area contributed by atoms with Gasteiger partial charge in [0.15, 0.2) is 5.96 Å². The van der Waals surface area contributed by atoms with E-state index in [-0.39, 0.29) is 5.41 Å². The van der Waals surface area contributed by atoms with Crippen molar-refractivity contribution in [3.63, 3.8) is 0 Å². The van der Waals surface area contributed by atoms with Gasteiger partial charge in [0.2, 0.25) is 5.89 Å². The Bertz CT molecular complexity index is 725. The molecular weight excluding hydrogens is 288 g/mol. The zero-order valence-corrected chi connectivity index (χ0v) is 14.0. The molecule has 1 heterocycles. The Morgan fingerprint density at radius 1 is 1.30 bits per heavy atom. The van der Waals surface area contributed by atoms with Gasteiger partial charge in [0.1, 0.15) is 12.3 Å². The Hall–Kier alpha value is -2.30. The van der Waals surface area contributed by atoms with Crippen LogP contribution in [0.5, 0.6) is 0 Å². The minimum atomic E-state index is -0.0524. The second kappa shape index (κ2) is 6.07. The Balaban J connectivity index is 1.63. The van der Waals surface area contributed by atoms with Crippen molar-refractivity contribution in [3.8, 4) is 0 Å². The lowest BCUT2D eigenvalue weighted by Gasteiger charge is -2.12. The Morgan fingerprint density at radius 2 is 2.09 bits per heavy atom. The first kappa shape index (κ1) is 15.6. The summed E-state index contributed by atoms with van der Waals surface area (Å²) < 4.78 is 5.71. The van der Waals surface area contributed by atoms with E-state index in [1.165, 1.54) is 24.0 Å². The smallest absolute Gasteiger partial charge is 0.216 e. The fourth-order valence-electron chi connectivity index (χ4n) is 2.72. The van der Waals surface area contributed by atoms with Crippen LogP contribution in [0.25, 0.3) is 0 Å². The number of aromatic nitrogens is 1. The lowest BCUT2D eigenvalue weighted by Crippen LogP contribution is -2.22. The zero-order valence-electron chi connectivity index (χ0n) is 14.0. The number of anilines is 1. The molecule has 5 heteroatoms. The van der Waals surface area contributed by atoms with Crippen LogP contribution in [0.3, 0.4) is 0 Å². The molecule has 1 aromatic heterocycles. The van der Waals surface area contributed by atoms with Crippen molar-refractivity contribution >= 4 is 11.6 Å². The van der Waals surface area contributed by atoms with Gasteiger partial charge in [0.25, 0.3) is 0 Å². The molecule has 5 nitrogen and oxygen atoms in total. The van der Waals surface area contributed by atoms with E-state index in [0.29, 0.717) is 18.4 Å². The minimum absolute atomic E-state index is 0.0524. The third-order valence-electron chi connectivity index (χ3n) is 4.05. The molecule has 0 atom stereocenters. The lowest BCUT2D eigenvalue weighted by atomic mass is 9.94. The van der Waals surface area contributed by atoms with Crippen LogP contribution >= 0.6 is 0 Å². The molecule has 1 aromatic carbocycles. The van der Waals surface area contributed by atoms with Gasteiger partial charge in [-0.25, -0.2) is 9.98 Å². The van der Waals surface area contributed by atoms with Gasteiger partial charge in [0, 0.05) is 11.1 Å². The topological polar surface area (TPSA) is 76.4 Å². The third-order valence-corrected chi connectivity index (χ3v) is 4.05. The molecule has 23 heavy (non-hydrogen) atoms. The highest BCUT2D eigenvalue weighted by molar-refractivity contribution is 5.92. The van der Waals surface area contributed by atoms with E-state index in [9.17, 15) is 0 Å². The summed E-state index contributed by atoms with van der Waals surface area (Å²) in [5.74, 6) is 1.81.